The molecule has 1 aromatic carbocycles. The summed E-state index contributed by atoms with van der Waals surface area (Å²) in [7, 11) is 3.23. The van der Waals surface area contributed by atoms with Crippen molar-refractivity contribution < 1.29 is 14.3 Å². The zero-order valence-corrected chi connectivity index (χ0v) is 13.8. The van der Waals surface area contributed by atoms with E-state index in [1.807, 2.05) is 24.3 Å². The predicted octanol–water partition coefficient (Wildman–Crippen LogP) is 3.06. The molecule has 0 spiro atoms. The lowest BCUT2D eigenvalue weighted by atomic mass is 10.2. The Kier molecular flexibility index (Phi) is 4.84. The van der Waals surface area contributed by atoms with Gasteiger partial charge in [0.05, 0.1) is 26.1 Å². The van der Waals surface area contributed by atoms with Gasteiger partial charge >= 0.3 is 0 Å². The summed E-state index contributed by atoms with van der Waals surface area (Å²) in [5.74, 6) is 2.23. The molecule has 3 rings (SSSR count). The van der Waals surface area contributed by atoms with Gasteiger partial charge in [0.2, 0.25) is 5.91 Å². The van der Waals surface area contributed by atoms with Crippen molar-refractivity contribution in [1.29, 1.82) is 0 Å². The fourth-order valence-corrected chi connectivity index (χ4v) is 2.34. The van der Waals surface area contributed by atoms with Crippen molar-refractivity contribution >= 4 is 17.4 Å². The van der Waals surface area contributed by atoms with Gasteiger partial charge in [0, 0.05) is 12.5 Å². The molecular weight excluding hydrogens is 306 g/mol. The van der Waals surface area contributed by atoms with E-state index in [1.54, 1.807) is 26.5 Å². The summed E-state index contributed by atoms with van der Waals surface area (Å²) in [4.78, 5) is 16.0. The van der Waals surface area contributed by atoms with Crippen LogP contribution in [-0.2, 0) is 11.3 Å². The first-order valence-electron chi connectivity index (χ1n) is 7.91. The van der Waals surface area contributed by atoms with Gasteiger partial charge in [0.25, 0.3) is 0 Å². The second-order valence-corrected chi connectivity index (χ2v) is 5.74. The molecule has 6 heteroatoms. The number of rotatable bonds is 7. The Morgan fingerprint density at radius 3 is 2.58 bits per heavy atom. The molecule has 1 aromatic heterocycles. The first-order chi connectivity index (χ1) is 11.7. The van der Waals surface area contributed by atoms with Crippen molar-refractivity contribution in [3.63, 3.8) is 0 Å². The number of benzene rings is 1. The van der Waals surface area contributed by atoms with Crippen LogP contribution in [0.3, 0.4) is 0 Å². The predicted molar refractivity (Wildman–Crippen MR) is 92.5 cm³/mol. The van der Waals surface area contributed by atoms with Crippen LogP contribution in [0.25, 0.3) is 0 Å². The summed E-state index contributed by atoms with van der Waals surface area (Å²) in [6, 6.07) is 9.49. The van der Waals surface area contributed by atoms with Gasteiger partial charge in [0.1, 0.15) is 5.82 Å². The van der Waals surface area contributed by atoms with E-state index in [0.29, 0.717) is 23.9 Å². The monoisotopic (exact) mass is 327 g/mol. The summed E-state index contributed by atoms with van der Waals surface area (Å²) >= 11 is 0. The van der Waals surface area contributed by atoms with Crippen LogP contribution in [0, 0.1) is 5.92 Å². The number of carbonyl (C=O) groups is 1. The minimum absolute atomic E-state index is 0.0635. The highest BCUT2D eigenvalue weighted by Crippen LogP contribution is 2.30. The lowest BCUT2D eigenvalue weighted by Crippen LogP contribution is -2.14. The molecule has 0 radical (unpaired) electrons. The average Bonchev–Trinajstić information content (AvgIpc) is 3.46. The maximum absolute atomic E-state index is 11.7. The molecule has 0 atom stereocenters. The fraction of sp³-hybridized carbons (Fsp3) is 0.333. The average molecular weight is 327 g/mol. The van der Waals surface area contributed by atoms with Crippen LogP contribution in [-0.4, -0.2) is 25.1 Å². The summed E-state index contributed by atoms with van der Waals surface area (Å²) < 4.78 is 10.5. The maximum Gasteiger partial charge on any atom is 0.228 e. The third-order valence-corrected chi connectivity index (χ3v) is 3.91. The zero-order chi connectivity index (χ0) is 16.9. The van der Waals surface area contributed by atoms with Crippen molar-refractivity contribution in [3.8, 4) is 11.5 Å². The number of hydrogen-bond donors (Lipinski definition) is 2. The van der Waals surface area contributed by atoms with E-state index in [9.17, 15) is 4.79 Å². The van der Waals surface area contributed by atoms with Crippen LogP contribution in [0.1, 0.15) is 18.4 Å². The van der Waals surface area contributed by atoms with Gasteiger partial charge in [-0.15, -0.1) is 0 Å². The third-order valence-electron chi connectivity index (χ3n) is 3.91. The maximum atomic E-state index is 11.7. The van der Waals surface area contributed by atoms with E-state index in [4.69, 9.17) is 9.47 Å². The third kappa shape index (κ3) is 3.95. The van der Waals surface area contributed by atoms with Crippen molar-refractivity contribution in [2.24, 2.45) is 5.92 Å². The van der Waals surface area contributed by atoms with E-state index in [2.05, 4.69) is 15.6 Å². The molecule has 0 saturated heterocycles. The van der Waals surface area contributed by atoms with E-state index in [1.165, 1.54) is 0 Å². The summed E-state index contributed by atoms with van der Waals surface area (Å²) in [6.45, 7) is 0.635. The molecule has 6 nitrogen and oxygen atoms in total. The highest BCUT2D eigenvalue weighted by atomic mass is 16.5. The largest absolute Gasteiger partial charge is 0.493 e. The summed E-state index contributed by atoms with van der Waals surface area (Å²) in [5, 5.41) is 6.12. The number of nitrogens with one attached hydrogen (secondary N) is 2. The molecular formula is C18H21N3O3. The lowest BCUT2D eigenvalue weighted by molar-refractivity contribution is -0.117. The molecule has 1 aliphatic rings. The lowest BCUT2D eigenvalue weighted by Gasteiger charge is -2.11. The first kappa shape index (κ1) is 16.1. The SMILES string of the molecule is COc1ccc(CNc2ccc(NC(=O)C3CC3)nc2)cc1OC. The molecule has 0 unspecified atom stereocenters. The van der Waals surface area contributed by atoms with E-state index in [0.717, 1.165) is 24.1 Å². The Morgan fingerprint density at radius 2 is 1.96 bits per heavy atom. The van der Waals surface area contributed by atoms with Crippen LogP contribution in [0.5, 0.6) is 11.5 Å². The van der Waals surface area contributed by atoms with Gasteiger partial charge in [-0.3, -0.25) is 4.79 Å². The van der Waals surface area contributed by atoms with Crippen molar-refractivity contribution in [3.05, 3.63) is 42.1 Å². The molecule has 1 aliphatic carbocycles. The molecule has 2 aromatic rings. The van der Waals surface area contributed by atoms with Gasteiger partial charge < -0.3 is 20.1 Å². The smallest absolute Gasteiger partial charge is 0.228 e. The molecule has 126 valence electrons. The second kappa shape index (κ2) is 7.21. The Morgan fingerprint density at radius 1 is 1.17 bits per heavy atom. The number of carbonyl (C=O) groups excluding carboxylic acids is 1. The zero-order valence-electron chi connectivity index (χ0n) is 13.8. The number of hydrogen-bond acceptors (Lipinski definition) is 5. The Bertz CT molecular complexity index is 712. The van der Waals surface area contributed by atoms with Crippen LogP contribution in [0.2, 0.25) is 0 Å². The number of pyridine rings is 1. The van der Waals surface area contributed by atoms with Crippen LogP contribution >= 0.6 is 0 Å². The minimum Gasteiger partial charge on any atom is -0.493 e. The fourth-order valence-electron chi connectivity index (χ4n) is 2.34. The quantitative estimate of drug-likeness (QED) is 0.818. The normalized spacial score (nSPS) is 13.2. The number of methoxy groups -OCH3 is 2. The molecule has 1 fully saturated rings. The summed E-state index contributed by atoms with van der Waals surface area (Å²) in [5.41, 5.74) is 1.95. The van der Waals surface area contributed by atoms with Crippen LogP contribution in [0.15, 0.2) is 36.5 Å². The van der Waals surface area contributed by atoms with Gasteiger partial charge in [-0.25, -0.2) is 4.98 Å². The van der Waals surface area contributed by atoms with Crippen molar-refractivity contribution in [2.45, 2.75) is 19.4 Å². The number of anilines is 2. The first-order valence-corrected chi connectivity index (χ1v) is 7.91. The number of nitrogens with zero attached hydrogens (tertiary/aromatic N) is 1. The Hall–Kier alpha value is -2.76. The second-order valence-electron chi connectivity index (χ2n) is 5.74. The summed E-state index contributed by atoms with van der Waals surface area (Å²) in [6.07, 6.45) is 3.68. The molecule has 2 N–H and O–H groups in total. The Labute approximate surface area is 141 Å². The molecule has 0 aliphatic heterocycles. The Balaban J connectivity index is 1.57. The number of ether oxygens (including phenoxy) is 2. The van der Waals surface area contributed by atoms with E-state index < -0.39 is 0 Å². The molecule has 24 heavy (non-hydrogen) atoms. The molecule has 1 amide bonds. The van der Waals surface area contributed by atoms with E-state index >= 15 is 0 Å². The van der Waals surface area contributed by atoms with Crippen molar-refractivity contribution in [1.82, 2.24) is 4.98 Å². The molecule has 1 heterocycles. The standard InChI is InChI=1S/C18H21N3O3/c1-23-15-7-3-12(9-16(15)24-2)10-19-14-6-8-17(20-11-14)21-18(22)13-4-5-13/h3,6-9,11,13,19H,4-5,10H2,1-2H3,(H,20,21,22). The number of amides is 1. The van der Waals surface area contributed by atoms with Crippen LogP contribution < -0.4 is 20.1 Å². The van der Waals surface area contributed by atoms with Gasteiger partial charge in [-0.1, -0.05) is 6.07 Å². The number of aromatic nitrogens is 1. The van der Waals surface area contributed by atoms with Crippen molar-refractivity contribution in [2.75, 3.05) is 24.9 Å². The van der Waals surface area contributed by atoms with Gasteiger partial charge in [-0.2, -0.15) is 0 Å². The highest BCUT2D eigenvalue weighted by Gasteiger charge is 2.29. The highest BCUT2D eigenvalue weighted by molar-refractivity contribution is 5.93. The van der Waals surface area contributed by atoms with E-state index in [-0.39, 0.29) is 11.8 Å². The molecule has 0 bridgehead atoms. The topological polar surface area (TPSA) is 72.5 Å². The minimum atomic E-state index is 0.0635. The van der Waals surface area contributed by atoms with Gasteiger partial charge in [-0.05, 0) is 42.7 Å². The van der Waals surface area contributed by atoms with Gasteiger partial charge in [0.15, 0.2) is 11.5 Å². The van der Waals surface area contributed by atoms with Crippen LogP contribution in [0.4, 0.5) is 11.5 Å². The molecule has 1 saturated carbocycles.